The van der Waals surface area contributed by atoms with Crippen molar-refractivity contribution >= 4 is 23.2 Å². The lowest BCUT2D eigenvalue weighted by Crippen LogP contribution is -2.34. The second-order valence-electron chi connectivity index (χ2n) is 6.82. The van der Waals surface area contributed by atoms with Crippen molar-refractivity contribution < 1.29 is 9.59 Å². The Morgan fingerprint density at radius 1 is 1.17 bits per heavy atom. The van der Waals surface area contributed by atoms with Crippen LogP contribution < -0.4 is 15.5 Å². The van der Waals surface area contributed by atoms with Gasteiger partial charge in [0.25, 0.3) is 0 Å². The van der Waals surface area contributed by atoms with Crippen molar-refractivity contribution in [1.82, 2.24) is 5.32 Å². The van der Waals surface area contributed by atoms with Crippen molar-refractivity contribution in [2.75, 3.05) is 23.3 Å². The zero-order chi connectivity index (χ0) is 17.5. The Morgan fingerprint density at radius 2 is 1.79 bits per heavy atom. The summed E-state index contributed by atoms with van der Waals surface area (Å²) in [5.41, 5.74) is 1.92. The minimum absolute atomic E-state index is 0.0943. The van der Waals surface area contributed by atoms with Gasteiger partial charge in [-0.1, -0.05) is 13.8 Å². The van der Waals surface area contributed by atoms with Gasteiger partial charge in [0.05, 0.1) is 0 Å². The summed E-state index contributed by atoms with van der Waals surface area (Å²) in [6, 6.07) is 7.96. The van der Waals surface area contributed by atoms with Crippen LogP contribution >= 0.6 is 0 Å². The lowest BCUT2D eigenvalue weighted by atomic mass is 9.99. The Kier molecular flexibility index (Phi) is 6.64. The Labute approximate surface area is 144 Å². The van der Waals surface area contributed by atoms with Gasteiger partial charge in [-0.15, -0.1) is 0 Å². The molecule has 1 heterocycles. The molecule has 1 aromatic rings. The summed E-state index contributed by atoms with van der Waals surface area (Å²) >= 11 is 0. The van der Waals surface area contributed by atoms with E-state index in [1.54, 1.807) is 0 Å². The molecule has 0 aliphatic carbocycles. The summed E-state index contributed by atoms with van der Waals surface area (Å²) in [5, 5.41) is 5.58. The van der Waals surface area contributed by atoms with Crippen LogP contribution in [-0.4, -0.2) is 30.9 Å². The monoisotopic (exact) mass is 331 g/mol. The highest BCUT2D eigenvalue weighted by molar-refractivity contribution is 6.03. The van der Waals surface area contributed by atoms with Crippen LogP contribution in [-0.2, 0) is 9.59 Å². The van der Waals surface area contributed by atoms with E-state index in [9.17, 15) is 9.59 Å². The molecule has 1 aliphatic rings. The van der Waals surface area contributed by atoms with E-state index in [2.05, 4.69) is 22.5 Å². The van der Waals surface area contributed by atoms with Gasteiger partial charge >= 0.3 is 0 Å². The van der Waals surface area contributed by atoms with Gasteiger partial charge in [0.1, 0.15) is 6.42 Å². The van der Waals surface area contributed by atoms with Crippen LogP contribution in [0.2, 0.25) is 0 Å². The van der Waals surface area contributed by atoms with Crippen molar-refractivity contribution in [1.29, 1.82) is 0 Å². The minimum atomic E-state index is -0.282. The highest BCUT2D eigenvalue weighted by Crippen LogP contribution is 2.24. The van der Waals surface area contributed by atoms with E-state index in [0.29, 0.717) is 0 Å². The summed E-state index contributed by atoms with van der Waals surface area (Å²) in [6.07, 6.45) is 3.16. The summed E-state index contributed by atoms with van der Waals surface area (Å²) in [7, 11) is 0. The van der Waals surface area contributed by atoms with Gasteiger partial charge in [0.2, 0.25) is 11.8 Å². The maximum atomic E-state index is 11.9. The van der Waals surface area contributed by atoms with Gasteiger partial charge < -0.3 is 15.5 Å². The Bertz CT molecular complexity index is 548. The van der Waals surface area contributed by atoms with Crippen LogP contribution in [0.4, 0.5) is 11.4 Å². The molecule has 0 radical (unpaired) electrons. The van der Waals surface area contributed by atoms with E-state index in [0.717, 1.165) is 31.1 Å². The molecule has 1 saturated heterocycles. The number of hydrogen-bond acceptors (Lipinski definition) is 3. The number of carbonyl (C=O) groups is 2. The molecule has 1 atom stereocenters. The number of amides is 2. The van der Waals surface area contributed by atoms with Crippen LogP contribution in [0, 0.1) is 5.92 Å². The van der Waals surface area contributed by atoms with Crippen LogP contribution in [0.5, 0.6) is 0 Å². The number of piperidine rings is 1. The molecule has 1 aliphatic heterocycles. The number of nitrogens with one attached hydrogen (secondary N) is 2. The maximum Gasteiger partial charge on any atom is 0.233 e. The van der Waals surface area contributed by atoms with E-state index in [1.807, 2.05) is 38.1 Å². The molecule has 0 aromatic heterocycles. The van der Waals surface area contributed by atoms with Crippen molar-refractivity contribution in [3.05, 3.63) is 24.3 Å². The summed E-state index contributed by atoms with van der Waals surface area (Å²) in [5.74, 6) is 0.289. The first-order chi connectivity index (χ1) is 11.5. The van der Waals surface area contributed by atoms with Crippen LogP contribution in [0.15, 0.2) is 24.3 Å². The Balaban J connectivity index is 1.82. The van der Waals surface area contributed by atoms with E-state index < -0.39 is 0 Å². The van der Waals surface area contributed by atoms with E-state index in [-0.39, 0.29) is 24.3 Å². The van der Waals surface area contributed by atoms with Crippen LogP contribution in [0.25, 0.3) is 0 Å². The molecule has 132 valence electrons. The largest absolute Gasteiger partial charge is 0.372 e. The molecule has 1 unspecified atom stereocenters. The molecular formula is C19H29N3O2. The molecule has 0 spiro atoms. The molecule has 2 rings (SSSR count). The normalized spacial score (nSPS) is 16.5. The van der Waals surface area contributed by atoms with Crippen molar-refractivity contribution in [3.8, 4) is 0 Å². The number of carbonyl (C=O) groups excluding carboxylic acids is 2. The molecule has 24 heavy (non-hydrogen) atoms. The average molecular weight is 331 g/mol. The number of benzene rings is 1. The lowest BCUT2D eigenvalue weighted by Gasteiger charge is -2.32. The predicted octanol–water partition coefficient (Wildman–Crippen LogP) is 3.17. The minimum Gasteiger partial charge on any atom is -0.372 e. The highest BCUT2D eigenvalue weighted by atomic mass is 16.2. The molecule has 1 aromatic carbocycles. The van der Waals surface area contributed by atoms with Crippen LogP contribution in [0.3, 0.4) is 0 Å². The van der Waals surface area contributed by atoms with Crippen LogP contribution in [0.1, 0.15) is 46.5 Å². The van der Waals surface area contributed by atoms with Gasteiger partial charge in [0, 0.05) is 30.5 Å². The van der Waals surface area contributed by atoms with Gasteiger partial charge in [-0.25, -0.2) is 0 Å². The first-order valence-electron chi connectivity index (χ1n) is 8.92. The smallest absolute Gasteiger partial charge is 0.233 e. The van der Waals surface area contributed by atoms with E-state index in [1.165, 1.54) is 18.5 Å². The molecule has 0 bridgehead atoms. The van der Waals surface area contributed by atoms with Crippen molar-refractivity contribution in [2.45, 2.75) is 52.5 Å². The number of hydrogen-bond donors (Lipinski definition) is 2. The topological polar surface area (TPSA) is 61.4 Å². The molecule has 2 amide bonds. The number of rotatable bonds is 6. The maximum absolute atomic E-state index is 11.9. The molecular weight excluding hydrogens is 302 g/mol. The zero-order valence-electron chi connectivity index (χ0n) is 15.0. The number of anilines is 2. The standard InChI is InChI=1S/C19H29N3O2/c1-4-15(3)20-18(23)13-19(24)21-16-5-7-17(8-6-16)22-11-9-14(2)10-12-22/h5-8,14-15H,4,9-13H2,1-3H3,(H,20,23)(H,21,24). The lowest BCUT2D eigenvalue weighted by molar-refractivity contribution is -0.127. The first kappa shape index (κ1) is 18.3. The van der Waals surface area contributed by atoms with Gasteiger partial charge in [-0.3, -0.25) is 9.59 Å². The summed E-state index contributed by atoms with van der Waals surface area (Å²) in [4.78, 5) is 26.0. The van der Waals surface area contributed by atoms with Crippen molar-refractivity contribution in [2.24, 2.45) is 5.92 Å². The fraction of sp³-hybridized carbons (Fsp3) is 0.579. The predicted molar refractivity (Wildman–Crippen MR) is 98.2 cm³/mol. The van der Waals surface area contributed by atoms with Gasteiger partial charge in [0.15, 0.2) is 0 Å². The summed E-state index contributed by atoms with van der Waals surface area (Å²) in [6.45, 7) is 8.39. The third-order valence-electron chi connectivity index (χ3n) is 4.64. The molecule has 5 nitrogen and oxygen atoms in total. The van der Waals surface area contributed by atoms with E-state index >= 15 is 0 Å². The SMILES string of the molecule is CCC(C)NC(=O)CC(=O)Nc1ccc(N2CCC(C)CC2)cc1. The van der Waals surface area contributed by atoms with E-state index in [4.69, 9.17) is 0 Å². The number of nitrogens with zero attached hydrogens (tertiary/aromatic N) is 1. The third kappa shape index (κ3) is 5.55. The molecule has 0 saturated carbocycles. The fourth-order valence-electron chi connectivity index (χ4n) is 2.80. The third-order valence-corrected chi connectivity index (χ3v) is 4.64. The zero-order valence-corrected chi connectivity index (χ0v) is 15.0. The molecule has 5 heteroatoms. The fourth-order valence-corrected chi connectivity index (χ4v) is 2.80. The highest BCUT2D eigenvalue weighted by Gasteiger charge is 2.16. The van der Waals surface area contributed by atoms with Crippen molar-refractivity contribution in [3.63, 3.8) is 0 Å². The molecule has 2 N–H and O–H groups in total. The quantitative estimate of drug-likeness (QED) is 0.787. The Hall–Kier alpha value is -2.04. The summed E-state index contributed by atoms with van der Waals surface area (Å²) < 4.78 is 0. The second kappa shape index (κ2) is 8.71. The second-order valence-corrected chi connectivity index (χ2v) is 6.82. The Morgan fingerprint density at radius 3 is 2.38 bits per heavy atom. The van der Waals surface area contributed by atoms with Gasteiger partial charge in [-0.05, 0) is 56.4 Å². The molecule has 1 fully saturated rings. The average Bonchev–Trinajstić information content (AvgIpc) is 2.56. The first-order valence-corrected chi connectivity index (χ1v) is 8.92. The van der Waals surface area contributed by atoms with Gasteiger partial charge in [-0.2, -0.15) is 0 Å².